The van der Waals surface area contributed by atoms with Gasteiger partial charge in [0.1, 0.15) is 23.4 Å². The number of hydrogen-bond acceptors (Lipinski definition) is 12. The minimum atomic E-state index is -1.47. The standard InChI is InChI=1S/C31H37NO11/c1-16-14-18-22(23(34)21-17(24(18)35-3)6-4-7-19(21)33)25-20(16)26-27-30(41-25,39-13-12-36-11-8-32-2)29(15-40-29)31(42-26,43-27)28-37-9-5-10-38-28/h14,26-28,32,34H,4-13,15H2,1-3H3/t26?,27?,29-,30+,31?/m0/s1. The lowest BCUT2D eigenvalue weighted by Crippen LogP contribution is -2.70. The molecule has 4 fully saturated rings. The predicted molar refractivity (Wildman–Crippen MR) is 149 cm³/mol. The molecule has 0 radical (unpaired) electrons. The van der Waals surface area contributed by atoms with Crippen LogP contribution in [0.15, 0.2) is 6.07 Å². The number of likely N-dealkylation sites (N-methyl/N-ethyl adjacent to an activating group) is 1. The van der Waals surface area contributed by atoms with Crippen LogP contribution in [0.25, 0.3) is 10.8 Å². The van der Waals surface area contributed by atoms with Crippen molar-refractivity contribution in [3.63, 3.8) is 0 Å². The number of nitrogens with one attached hydrogen (secondary N) is 1. The monoisotopic (exact) mass is 599 g/mol. The van der Waals surface area contributed by atoms with Crippen LogP contribution < -0.4 is 14.8 Å². The number of benzene rings is 2. The number of epoxide rings is 1. The maximum atomic E-state index is 13.2. The van der Waals surface area contributed by atoms with Crippen LogP contribution in [-0.2, 0) is 39.6 Å². The summed E-state index contributed by atoms with van der Waals surface area (Å²) in [7, 11) is 3.45. The first kappa shape index (κ1) is 28.0. The van der Waals surface area contributed by atoms with E-state index in [1.165, 1.54) is 0 Å². The van der Waals surface area contributed by atoms with E-state index in [0.29, 0.717) is 80.1 Å². The zero-order valence-corrected chi connectivity index (χ0v) is 24.6. The van der Waals surface area contributed by atoms with E-state index in [-0.39, 0.29) is 30.3 Å². The van der Waals surface area contributed by atoms with Crippen molar-refractivity contribution in [3.8, 4) is 17.2 Å². The molecule has 2 N–H and O–H groups in total. The van der Waals surface area contributed by atoms with Crippen LogP contribution in [0.5, 0.6) is 17.2 Å². The Bertz CT molecular complexity index is 1480. The molecule has 0 saturated carbocycles. The lowest BCUT2D eigenvalue weighted by atomic mass is 9.78. The number of rotatable bonds is 9. The van der Waals surface area contributed by atoms with Crippen molar-refractivity contribution in [2.75, 3.05) is 60.3 Å². The highest BCUT2D eigenvalue weighted by atomic mass is 16.9. The number of phenolic OH excluding ortho intramolecular Hbond substituents is 1. The second-order valence-electron chi connectivity index (χ2n) is 12.0. The van der Waals surface area contributed by atoms with Gasteiger partial charge in [-0.2, -0.15) is 0 Å². The number of carbonyl (C=O) groups is 1. The number of ketones is 1. The van der Waals surface area contributed by atoms with E-state index >= 15 is 0 Å². The molecule has 5 atom stereocenters. The van der Waals surface area contributed by atoms with Gasteiger partial charge < -0.3 is 53.1 Å². The fourth-order valence-corrected chi connectivity index (χ4v) is 7.75. The first-order valence-electron chi connectivity index (χ1n) is 15.1. The van der Waals surface area contributed by atoms with Gasteiger partial charge in [-0.3, -0.25) is 4.79 Å². The van der Waals surface area contributed by atoms with Gasteiger partial charge in [-0.05, 0) is 44.9 Å². The molecule has 232 valence electrons. The van der Waals surface area contributed by atoms with Crippen molar-refractivity contribution in [2.24, 2.45) is 0 Å². The van der Waals surface area contributed by atoms with E-state index in [9.17, 15) is 9.90 Å². The normalized spacial score (nSPS) is 34.0. The molecule has 12 heteroatoms. The van der Waals surface area contributed by atoms with Crippen LogP contribution in [0.1, 0.15) is 52.4 Å². The number of ether oxygens (including phenoxy) is 9. The van der Waals surface area contributed by atoms with Gasteiger partial charge in [0.15, 0.2) is 11.9 Å². The highest BCUT2D eigenvalue weighted by molar-refractivity contribution is 6.11. The number of methoxy groups -OCH3 is 1. The molecule has 1 aliphatic carbocycles. The molecular formula is C31H37NO11. The van der Waals surface area contributed by atoms with Gasteiger partial charge in [0, 0.05) is 29.5 Å². The summed E-state index contributed by atoms with van der Waals surface area (Å²) < 4.78 is 57.2. The number of aromatic hydroxyl groups is 1. The Morgan fingerprint density at radius 2 is 1.93 bits per heavy atom. The van der Waals surface area contributed by atoms with E-state index in [2.05, 4.69) is 5.32 Å². The van der Waals surface area contributed by atoms with E-state index < -0.39 is 35.7 Å². The molecule has 1 spiro atoms. The summed E-state index contributed by atoms with van der Waals surface area (Å²) in [5.74, 6) is -2.22. The van der Waals surface area contributed by atoms with Gasteiger partial charge in [0.25, 0.3) is 11.6 Å². The van der Waals surface area contributed by atoms with Crippen molar-refractivity contribution in [2.45, 2.75) is 68.3 Å². The smallest absolute Gasteiger partial charge is 0.277 e. The average Bonchev–Trinajstić information content (AvgIpc) is 3.67. The average molecular weight is 600 g/mol. The number of fused-ring (bicyclic) bond motifs is 8. The first-order valence-corrected chi connectivity index (χ1v) is 15.1. The molecule has 5 aliphatic heterocycles. The van der Waals surface area contributed by atoms with Gasteiger partial charge in [0.05, 0.1) is 57.7 Å². The van der Waals surface area contributed by atoms with Crippen LogP contribution in [0.4, 0.5) is 0 Å². The maximum absolute atomic E-state index is 13.2. The Hall–Kier alpha value is -2.55. The minimum absolute atomic E-state index is 0.120. The maximum Gasteiger partial charge on any atom is 0.277 e. The third kappa shape index (κ3) is 3.57. The quantitative estimate of drug-likeness (QED) is 0.324. The second kappa shape index (κ2) is 9.98. The van der Waals surface area contributed by atoms with Crippen molar-refractivity contribution in [1.82, 2.24) is 5.32 Å². The summed E-state index contributed by atoms with van der Waals surface area (Å²) in [5.41, 5.74) is 1.37. The summed E-state index contributed by atoms with van der Waals surface area (Å²) in [5, 5.41) is 15.9. The van der Waals surface area contributed by atoms with Crippen molar-refractivity contribution in [1.29, 1.82) is 0 Å². The highest BCUT2D eigenvalue weighted by Gasteiger charge is 2.93. The summed E-state index contributed by atoms with van der Waals surface area (Å²) in [4.78, 5) is 13.2. The van der Waals surface area contributed by atoms with Crippen LogP contribution in [-0.4, -0.2) is 101 Å². The Kier molecular flexibility index (Phi) is 6.49. The molecule has 2 bridgehead atoms. The third-order valence-electron chi connectivity index (χ3n) is 9.66. The molecule has 3 unspecified atom stereocenters. The van der Waals surface area contributed by atoms with E-state index in [1.807, 2.05) is 20.0 Å². The number of aryl methyl sites for hydroxylation is 1. The number of carbonyl (C=O) groups excluding carboxylic acids is 1. The van der Waals surface area contributed by atoms with Crippen molar-refractivity contribution < 1.29 is 52.5 Å². The number of phenols is 1. The van der Waals surface area contributed by atoms with Crippen molar-refractivity contribution in [3.05, 3.63) is 28.3 Å². The Morgan fingerprint density at radius 1 is 1.12 bits per heavy atom. The van der Waals surface area contributed by atoms with Gasteiger partial charge in [-0.15, -0.1) is 0 Å². The molecule has 0 amide bonds. The summed E-state index contributed by atoms with van der Waals surface area (Å²) >= 11 is 0. The van der Waals surface area contributed by atoms with Crippen LogP contribution >= 0.6 is 0 Å². The Morgan fingerprint density at radius 3 is 2.67 bits per heavy atom. The highest BCUT2D eigenvalue weighted by Crippen LogP contribution is 2.72. The Balaban J connectivity index is 1.30. The molecule has 6 aliphatic rings. The van der Waals surface area contributed by atoms with Gasteiger partial charge >= 0.3 is 0 Å². The zero-order valence-electron chi connectivity index (χ0n) is 24.6. The third-order valence-corrected chi connectivity index (χ3v) is 9.66. The fourth-order valence-electron chi connectivity index (χ4n) is 7.75. The Labute approximate surface area is 248 Å². The van der Waals surface area contributed by atoms with E-state index in [4.69, 9.17) is 42.6 Å². The topological polar surface area (TPSA) is 136 Å². The lowest BCUT2D eigenvalue weighted by Gasteiger charge is -2.50. The number of Topliss-reactive ketones (excluding diaryl/α,β-unsaturated/α-hetero) is 1. The fraction of sp³-hybridized carbons (Fsp3) is 0.645. The molecule has 8 rings (SSSR count). The zero-order chi connectivity index (χ0) is 29.6. The summed E-state index contributed by atoms with van der Waals surface area (Å²) in [6, 6.07) is 1.96. The minimum Gasteiger partial charge on any atom is -0.506 e. The summed E-state index contributed by atoms with van der Waals surface area (Å²) in [6.45, 7) is 4.90. The molecule has 4 saturated heterocycles. The molecule has 43 heavy (non-hydrogen) atoms. The first-order chi connectivity index (χ1) is 20.9. The van der Waals surface area contributed by atoms with Gasteiger partial charge in [-0.1, -0.05) is 0 Å². The predicted octanol–water partition coefficient (Wildman–Crippen LogP) is 2.42. The number of hydrogen-bond donors (Lipinski definition) is 2. The lowest BCUT2D eigenvalue weighted by molar-refractivity contribution is -0.367. The van der Waals surface area contributed by atoms with Crippen molar-refractivity contribution >= 4 is 16.6 Å². The van der Waals surface area contributed by atoms with Gasteiger partial charge in [-0.25, -0.2) is 0 Å². The van der Waals surface area contributed by atoms with E-state index in [1.54, 1.807) is 7.11 Å². The van der Waals surface area contributed by atoms with Crippen LogP contribution in [0.2, 0.25) is 0 Å². The molecule has 12 nitrogen and oxygen atoms in total. The molecule has 0 aromatic heterocycles. The van der Waals surface area contributed by atoms with E-state index in [0.717, 1.165) is 17.5 Å². The molecule has 2 aromatic carbocycles. The molecular weight excluding hydrogens is 562 g/mol. The molecule has 2 aromatic rings. The van der Waals surface area contributed by atoms with Crippen LogP contribution in [0, 0.1) is 6.92 Å². The van der Waals surface area contributed by atoms with Crippen LogP contribution in [0.3, 0.4) is 0 Å². The largest absolute Gasteiger partial charge is 0.506 e. The SMILES string of the molecule is CNCCOCCO[C@@]12Oc3c(c(C)cc4c(OC)c5c(c(O)c34)C(=O)CCC5)C3OC(C4OCCCO4)(OC31)[C@]21CO1. The van der Waals surface area contributed by atoms with Gasteiger partial charge in [0.2, 0.25) is 11.9 Å². The molecule has 5 heterocycles. The summed E-state index contributed by atoms with van der Waals surface area (Å²) in [6.07, 6.45) is 0.211. The second-order valence-corrected chi connectivity index (χ2v) is 12.0.